The molecule has 0 aliphatic rings. The minimum atomic E-state index is -0.246. The van der Waals surface area contributed by atoms with Crippen molar-refractivity contribution in [2.75, 3.05) is 25.0 Å². The summed E-state index contributed by atoms with van der Waals surface area (Å²) in [6.07, 6.45) is 1.05. The molecule has 23 heavy (non-hydrogen) atoms. The summed E-state index contributed by atoms with van der Waals surface area (Å²) in [6.45, 7) is 7.86. The molecule has 1 aromatic carbocycles. The highest BCUT2D eigenvalue weighted by molar-refractivity contribution is 6.34. The molecule has 1 aromatic rings. The predicted molar refractivity (Wildman–Crippen MR) is 97.7 cm³/mol. The van der Waals surface area contributed by atoms with E-state index < -0.39 is 0 Å². The Kier molecular flexibility index (Phi) is 10.6. The van der Waals surface area contributed by atoms with Gasteiger partial charge in [-0.25, -0.2) is 0 Å². The molecule has 0 unspecified atom stereocenters. The molecule has 0 saturated carbocycles. The molecule has 0 saturated heterocycles. The Morgan fingerprint density at radius 1 is 1.17 bits per heavy atom. The van der Waals surface area contributed by atoms with Crippen molar-refractivity contribution in [2.24, 2.45) is 5.92 Å². The minimum Gasteiger partial charge on any atom is -0.351 e. The van der Waals surface area contributed by atoms with Crippen LogP contribution in [-0.4, -0.2) is 31.4 Å². The summed E-state index contributed by atoms with van der Waals surface area (Å²) >= 11 is 6.06. The maximum Gasteiger partial charge on any atom is 0.252 e. The fourth-order valence-electron chi connectivity index (χ4n) is 1.73. The maximum atomic E-state index is 12.1. The van der Waals surface area contributed by atoms with E-state index in [-0.39, 0.29) is 30.1 Å². The first-order valence-corrected chi connectivity index (χ1v) is 7.92. The van der Waals surface area contributed by atoms with Crippen molar-refractivity contribution in [3.8, 4) is 0 Å². The van der Waals surface area contributed by atoms with Crippen LogP contribution in [0.15, 0.2) is 18.2 Å². The fourth-order valence-corrected chi connectivity index (χ4v) is 1.93. The van der Waals surface area contributed by atoms with Crippen LogP contribution in [0, 0.1) is 5.92 Å². The molecule has 0 aliphatic carbocycles. The zero-order valence-electron chi connectivity index (χ0n) is 13.7. The first-order valence-electron chi connectivity index (χ1n) is 7.55. The Morgan fingerprint density at radius 3 is 2.48 bits per heavy atom. The summed E-state index contributed by atoms with van der Waals surface area (Å²) in [6, 6.07) is 4.89. The van der Waals surface area contributed by atoms with Crippen molar-refractivity contribution in [1.82, 2.24) is 10.6 Å². The molecule has 0 heterocycles. The first-order chi connectivity index (χ1) is 10.5. The molecule has 7 heteroatoms. The van der Waals surface area contributed by atoms with Crippen LogP contribution in [0.25, 0.3) is 0 Å². The van der Waals surface area contributed by atoms with E-state index in [1.807, 2.05) is 13.8 Å². The third kappa shape index (κ3) is 7.68. The van der Waals surface area contributed by atoms with Gasteiger partial charge in [-0.3, -0.25) is 9.59 Å². The van der Waals surface area contributed by atoms with E-state index in [9.17, 15) is 9.59 Å². The van der Waals surface area contributed by atoms with Crippen LogP contribution in [-0.2, 0) is 4.79 Å². The number of nitrogens with one attached hydrogen (secondary N) is 3. The summed E-state index contributed by atoms with van der Waals surface area (Å²) in [5.74, 6) is -0.473. The highest BCUT2D eigenvalue weighted by atomic mass is 35.5. The molecule has 0 spiro atoms. The molecule has 130 valence electrons. The van der Waals surface area contributed by atoms with Crippen molar-refractivity contribution >= 4 is 41.5 Å². The van der Waals surface area contributed by atoms with Crippen LogP contribution in [0.3, 0.4) is 0 Å². The highest BCUT2D eigenvalue weighted by Crippen LogP contribution is 2.21. The molecule has 0 fully saturated rings. The number of hydrogen-bond donors (Lipinski definition) is 3. The van der Waals surface area contributed by atoms with E-state index >= 15 is 0 Å². The van der Waals surface area contributed by atoms with E-state index in [1.54, 1.807) is 18.2 Å². The largest absolute Gasteiger partial charge is 0.351 e. The summed E-state index contributed by atoms with van der Waals surface area (Å²) in [5, 5.41) is 9.13. The molecule has 1 rings (SSSR count). The molecule has 0 bridgehead atoms. The van der Waals surface area contributed by atoms with Crippen LogP contribution in [0.1, 0.15) is 37.6 Å². The van der Waals surface area contributed by atoms with Gasteiger partial charge in [0.25, 0.3) is 5.91 Å². The summed E-state index contributed by atoms with van der Waals surface area (Å²) < 4.78 is 0. The zero-order valence-corrected chi connectivity index (χ0v) is 15.3. The fraction of sp³-hybridized carbons (Fsp3) is 0.500. The molecule has 0 radical (unpaired) electrons. The number of carbonyl (C=O) groups excluding carboxylic acids is 2. The monoisotopic (exact) mass is 361 g/mol. The van der Waals surface area contributed by atoms with Crippen LogP contribution in [0.4, 0.5) is 5.69 Å². The van der Waals surface area contributed by atoms with Gasteiger partial charge in [-0.05, 0) is 31.2 Å². The summed E-state index contributed by atoms with van der Waals surface area (Å²) in [4.78, 5) is 23.8. The lowest BCUT2D eigenvalue weighted by Crippen LogP contribution is -2.32. The Hall–Kier alpha value is -1.30. The van der Waals surface area contributed by atoms with Crippen LogP contribution < -0.4 is 16.0 Å². The lowest BCUT2D eigenvalue weighted by molar-refractivity contribution is -0.118. The third-order valence-electron chi connectivity index (χ3n) is 3.02. The van der Waals surface area contributed by atoms with E-state index in [0.717, 1.165) is 13.0 Å². The second kappa shape index (κ2) is 11.3. The third-order valence-corrected chi connectivity index (χ3v) is 3.35. The second-order valence-corrected chi connectivity index (χ2v) is 5.75. The number of rotatable bonds is 8. The van der Waals surface area contributed by atoms with Gasteiger partial charge in [0.2, 0.25) is 5.91 Å². The van der Waals surface area contributed by atoms with Crippen LogP contribution in [0.2, 0.25) is 5.02 Å². The zero-order chi connectivity index (χ0) is 16.5. The molecular weight excluding hydrogens is 337 g/mol. The van der Waals surface area contributed by atoms with Gasteiger partial charge in [-0.2, -0.15) is 0 Å². The Morgan fingerprint density at radius 2 is 1.87 bits per heavy atom. The molecule has 0 aliphatic heterocycles. The minimum absolute atomic E-state index is 0. The van der Waals surface area contributed by atoms with Crippen molar-refractivity contribution in [1.29, 1.82) is 0 Å². The normalized spacial score (nSPS) is 10.1. The van der Waals surface area contributed by atoms with Gasteiger partial charge in [-0.1, -0.05) is 32.4 Å². The molecule has 0 atom stereocenters. The lowest BCUT2D eigenvalue weighted by atomic mass is 10.1. The topological polar surface area (TPSA) is 70.2 Å². The van der Waals surface area contributed by atoms with Gasteiger partial charge in [0.05, 0.1) is 10.6 Å². The number of benzene rings is 1. The summed E-state index contributed by atoms with van der Waals surface area (Å²) in [7, 11) is 0. The van der Waals surface area contributed by atoms with Gasteiger partial charge in [-0.15, -0.1) is 12.4 Å². The van der Waals surface area contributed by atoms with Gasteiger partial charge < -0.3 is 16.0 Å². The van der Waals surface area contributed by atoms with Gasteiger partial charge in [0.15, 0.2) is 0 Å². The molecular formula is C16H25Cl2N3O2. The number of carbonyl (C=O) groups is 2. The van der Waals surface area contributed by atoms with Gasteiger partial charge in [0, 0.05) is 24.7 Å². The van der Waals surface area contributed by atoms with E-state index in [4.69, 9.17) is 11.6 Å². The standard InChI is InChI=1S/C16H24ClN3O2.ClH/c1-4-7-18-8-9-19-16(22)13-10-12(5-6-14(13)17)20-15(21)11(2)3;/h5-6,10-11,18H,4,7-9H2,1-3H3,(H,19,22)(H,20,21);1H. The van der Waals surface area contributed by atoms with E-state index in [0.29, 0.717) is 29.4 Å². The molecule has 5 nitrogen and oxygen atoms in total. The quantitative estimate of drug-likeness (QED) is 0.623. The molecule has 0 aromatic heterocycles. The number of halogens is 2. The summed E-state index contributed by atoms with van der Waals surface area (Å²) in [5.41, 5.74) is 0.927. The molecule has 3 N–H and O–H groups in total. The van der Waals surface area contributed by atoms with Crippen molar-refractivity contribution in [3.63, 3.8) is 0 Å². The Balaban J connectivity index is 0.00000484. The number of amides is 2. The van der Waals surface area contributed by atoms with Crippen molar-refractivity contribution in [3.05, 3.63) is 28.8 Å². The Bertz CT molecular complexity index is 522. The van der Waals surface area contributed by atoms with Crippen molar-refractivity contribution < 1.29 is 9.59 Å². The first kappa shape index (κ1) is 21.7. The van der Waals surface area contributed by atoms with Crippen LogP contribution in [0.5, 0.6) is 0 Å². The SMILES string of the molecule is CCCNCCNC(=O)c1cc(NC(=O)C(C)C)ccc1Cl.Cl. The number of anilines is 1. The van der Waals surface area contributed by atoms with Crippen molar-refractivity contribution in [2.45, 2.75) is 27.2 Å². The van der Waals surface area contributed by atoms with E-state index in [1.165, 1.54) is 0 Å². The Labute approximate surface area is 149 Å². The smallest absolute Gasteiger partial charge is 0.252 e. The lowest BCUT2D eigenvalue weighted by Gasteiger charge is -2.11. The van der Waals surface area contributed by atoms with Gasteiger partial charge >= 0.3 is 0 Å². The molecule has 2 amide bonds. The average molecular weight is 362 g/mol. The second-order valence-electron chi connectivity index (χ2n) is 5.34. The average Bonchev–Trinajstić information content (AvgIpc) is 2.48. The predicted octanol–water partition coefficient (Wildman–Crippen LogP) is 3.09. The van der Waals surface area contributed by atoms with Gasteiger partial charge in [0.1, 0.15) is 0 Å². The maximum absolute atomic E-state index is 12.1. The number of hydrogen-bond acceptors (Lipinski definition) is 3. The van der Waals surface area contributed by atoms with Crippen LogP contribution >= 0.6 is 24.0 Å². The van der Waals surface area contributed by atoms with E-state index in [2.05, 4.69) is 22.9 Å². The highest BCUT2D eigenvalue weighted by Gasteiger charge is 2.13.